The van der Waals surface area contributed by atoms with Gasteiger partial charge in [0.05, 0.1) is 13.2 Å². The van der Waals surface area contributed by atoms with Gasteiger partial charge in [0.25, 0.3) is 0 Å². The van der Waals surface area contributed by atoms with E-state index >= 15 is 0 Å². The molecule has 2 fully saturated rings. The number of nitrogens with one attached hydrogen (secondary N) is 2. The van der Waals surface area contributed by atoms with Crippen LogP contribution in [0.4, 0.5) is 0 Å². The zero-order valence-corrected chi connectivity index (χ0v) is 12.7. The van der Waals surface area contributed by atoms with Gasteiger partial charge in [-0.25, -0.2) is 0 Å². The van der Waals surface area contributed by atoms with Crippen molar-refractivity contribution in [1.82, 2.24) is 15.5 Å². The van der Waals surface area contributed by atoms with Crippen molar-refractivity contribution in [3.63, 3.8) is 0 Å². The highest BCUT2D eigenvalue weighted by atomic mass is 16.5. The number of morpholine rings is 1. The molecular formula is C15H29N3O2. The van der Waals surface area contributed by atoms with E-state index in [1.807, 2.05) is 0 Å². The lowest BCUT2D eigenvalue weighted by Crippen LogP contribution is -2.46. The number of ether oxygens (including phenoxy) is 1. The molecule has 2 saturated heterocycles. The second-order valence-electron chi connectivity index (χ2n) is 6.11. The SMILES string of the molecule is CC(CN1CCOCC1)NC(=O)CCC1CCNCC1. The van der Waals surface area contributed by atoms with E-state index in [0.717, 1.165) is 58.3 Å². The quantitative estimate of drug-likeness (QED) is 0.750. The minimum absolute atomic E-state index is 0.212. The van der Waals surface area contributed by atoms with Crippen LogP contribution >= 0.6 is 0 Å². The molecule has 20 heavy (non-hydrogen) atoms. The summed E-state index contributed by atoms with van der Waals surface area (Å²) in [6.07, 6.45) is 4.16. The third-order valence-corrected chi connectivity index (χ3v) is 4.28. The molecule has 2 N–H and O–H groups in total. The summed E-state index contributed by atoms with van der Waals surface area (Å²) in [4.78, 5) is 14.3. The topological polar surface area (TPSA) is 53.6 Å². The normalized spacial score (nSPS) is 23.4. The monoisotopic (exact) mass is 283 g/mol. The van der Waals surface area contributed by atoms with Crippen molar-refractivity contribution in [3.8, 4) is 0 Å². The summed E-state index contributed by atoms with van der Waals surface area (Å²) in [5.74, 6) is 0.945. The Balaban J connectivity index is 1.57. The van der Waals surface area contributed by atoms with Gasteiger partial charge < -0.3 is 15.4 Å². The van der Waals surface area contributed by atoms with Gasteiger partial charge in [0.15, 0.2) is 0 Å². The Hall–Kier alpha value is -0.650. The maximum atomic E-state index is 12.0. The molecule has 0 saturated carbocycles. The lowest BCUT2D eigenvalue weighted by Gasteiger charge is -2.29. The van der Waals surface area contributed by atoms with E-state index in [0.29, 0.717) is 6.42 Å². The van der Waals surface area contributed by atoms with Crippen LogP contribution in [0.1, 0.15) is 32.6 Å². The highest BCUT2D eigenvalue weighted by Crippen LogP contribution is 2.17. The largest absolute Gasteiger partial charge is 0.379 e. The molecule has 0 aromatic heterocycles. The number of hydrogen-bond acceptors (Lipinski definition) is 4. The smallest absolute Gasteiger partial charge is 0.220 e. The van der Waals surface area contributed by atoms with Crippen molar-refractivity contribution in [1.29, 1.82) is 0 Å². The van der Waals surface area contributed by atoms with E-state index in [-0.39, 0.29) is 11.9 Å². The van der Waals surface area contributed by atoms with Gasteiger partial charge >= 0.3 is 0 Å². The van der Waals surface area contributed by atoms with Crippen molar-refractivity contribution < 1.29 is 9.53 Å². The number of hydrogen-bond donors (Lipinski definition) is 2. The van der Waals surface area contributed by atoms with E-state index in [1.165, 1.54) is 12.8 Å². The van der Waals surface area contributed by atoms with Gasteiger partial charge in [-0.2, -0.15) is 0 Å². The molecule has 2 heterocycles. The van der Waals surface area contributed by atoms with Gasteiger partial charge in [-0.1, -0.05) is 0 Å². The molecule has 0 aliphatic carbocycles. The first-order valence-electron chi connectivity index (χ1n) is 8.04. The van der Waals surface area contributed by atoms with Gasteiger partial charge in [-0.3, -0.25) is 9.69 Å². The van der Waals surface area contributed by atoms with E-state index in [4.69, 9.17) is 4.74 Å². The van der Waals surface area contributed by atoms with E-state index < -0.39 is 0 Å². The molecule has 2 rings (SSSR count). The molecule has 1 atom stereocenters. The number of carbonyl (C=O) groups is 1. The summed E-state index contributed by atoms with van der Waals surface area (Å²) < 4.78 is 5.33. The van der Waals surface area contributed by atoms with Crippen molar-refractivity contribution in [2.75, 3.05) is 45.9 Å². The maximum absolute atomic E-state index is 12.0. The Kier molecular flexibility index (Phi) is 6.76. The van der Waals surface area contributed by atoms with Gasteiger partial charge in [-0.05, 0) is 45.2 Å². The fourth-order valence-electron chi connectivity index (χ4n) is 3.07. The summed E-state index contributed by atoms with van der Waals surface area (Å²) >= 11 is 0. The van der Waals surface area contributed by atoms with E-state index in [9.17, 15) is 4.79 Å². The van der Waals surface area contributed by atoms with Crippen molar-refractivity contribution in [3.05, 3.63) is 0 Å². The lowest BCUT2D eigenvalue weighted by atomic mass is 9.93. The van der Waals surface area contributed by atoms with Crippen molar-refractivity contribution in [2.45, 2.75) is 38.6 Å². The van der Waals surface area contributed by atoms with Crippen LogP contribution in [0.25, 0.3) is 0 Å². The van der Waals surface area contributed by atoms with Crippen molar-refractivity contribution in [2.24, 2.45) is 5.92 Å². The molecule has 5 nitrogen and oxygen atoms in total. The summed E-state index contributed by atoms with van der Waals surface area (Å²) in [6.45, 7) is 8.84. The molecule has 116 valence electrons. The highest BCUT2D eigenvalue weighted by Gasteiger charge is 2.17. The fourth-order valence-corrected chi connectivity index (χ4v) is 3.07. The molecular weight excluding hydrogens is 254 g/mol. The number of piperidine rings is 1. The average molecular weight is 283 g/mol. The molecule has 2 aliphatic rings. The summed E-state index contributed by atoms with van der Waals surface area (Å²) in [5, 5.41) is 6.49. The average Bonchev–Trinajstić information content (AvgIpc) is 2.47. The summed E-state index contributed by atoms with van der Waals surface area (Å²) in [6, 6.07) is 0.230. The van der Waals surface area contributed by atoms with Crippen molar-refractivity contribution >= 4 is 5.91 Å². The molecule has 5 heteroatoms. The Morgan fingerprint density at radius 1 is 1.35 bits per heavy atom. The second kappa shape index (κ2) is 8.60. The molecule has 1 amide bonds. The molecule has 1 unspecified atom stereocenters. The number of rotatable bonds is 6. The number of carbonyl (C=O) groups excluding carboxylic acids is 1. The van der Waals surface area contributed by atoms with Gasteiger partial charge in [0.1, 0.15) is 0 Å². The van der Waals surface area contributed by atoms with Gasteiger partial charge in [0.2, 0.25) is 5.91 Å². The maximum Gasteiger partial charge on any atom is 0.220 e. The lowest BCUT2D eigenvalue weighted by molar-refractivity contribution is -0.122. The first-order chi connectivity index (χ1) is 9.74. The van der Waals surface area contributed by atoms with Crippen LogP contribution in [0.2, 0.25) is 0 Å². The van der Waals surface area contributed by atoms with Crippen LogP contribution in [0.5, 0.6) is 0 Å². The van der Waals surface area contributed by atoms with Gasteiger partial charge in [-0.15, -0.1) is 0 Å². The zero-order valence-electron chi connectivity index (χ0n) is 12.7. The standard InChI is InChI=1S/C15H29N3O2/c1-13(12-18-8-10-20-11-9-18)17-15(19)3-2-14-4-6-16-7-5-14/h13-14,16H,2-12H2,1H3,(H,17,19). The number of nitrogens with zero attached hydrogens (tertiary/aromatic N) is 1. The van der Waals surface area contributed by atoms with E-state index in [2.05, 4.69) is 22.5 Å². The Bertz CT molecular complexity index is 287. The molecule has 0 aromatic rings. The third kappa shape index (κ3) is 5.77. The molecule has 2 aliphatic heterocycles. The first-order valence-corrected chi connectivity index (χ1v) is 8.04. The summed E-state index contributed by atoms with van der Waals surface area (Å²) in [5.41, 5.74) is 0. The number of amides is 1. The highest BCUT2D eigenvalue weighted by molar-refractivity contribution is 5.76. The minimum atomic E-state index is 0.212. The third-order valence-electron chi connectivity index (χ3n) is 4.28. The van der Waals surface area contributed by atoms with Crippen LogP contribution in [0, 0.1) is 5.92 Å². The summed E-state index contributed by atoms with van der Waals surface area (Å²) in [7, 11) is 0. The first kappa shape index (κ1) is 15.7. The molecule has 0 radical (unpaired) electrons. The zero-order chi connectivity index (χ0) is 14.2. The minimum Gasteiger partial charge on any atom is -0.379 e. The Morgan fingerprint density at radius 2 is 2.05 bits per heavy atom. The van der Waals surface area contributed by atoms with Crippen LogP contribution in [0.15, 0.2) is 0 Å². The van der Waals surface area contributed by atoms with E-state index in [1.54, 1.807) is 0 Å². The van der Waals surface area contributed by atoms with Crippen LogP contribution in [-0.2, 0) is 9.53 Å². The van der Waals surface area contributed by atoms with Crippen LogP contribution in [0.3, 0.4) is 0 Å². The molecule has 0 bridgehead atoms. The van der Waals surface area contributed by atoms with Crippen LogP contribution < -0.4 is 10.6 Å². The predicted molar refractivity (Wildman–Crippen MR) is 79.7 cm³/mol. The second-order valence-corrected chi connectivity index (χ2v) is 6.11. The Morgan fingerprint density at radius 3 is 2.75 bits per heavy atom. The van der Waals surface area contributed by atoms with Gasteiger partial charge in [0, 0.05) is 32.1 Å². The predicted octanol–water partition coefficient (Wildman–Crippen LogP) is 0.603. The van der Waals surface area contributed by atoms with Crippen LogP contribution in [-0.4, -0.2) is 62.8 Å². The fraction of sp³-hybridized carbons (Fsp3) is 0.933. The molecule has 0 spiro atoms. The molecule has 0 aromatic carbocycles. The Labute approximate surface area is 122 Å².